The molecule has 0 aliphatic rings. The quantitative estimate of drug-likeness (QED) is 0.675. The number of rotatable bonds is 6. The van der Waals surface area contributed by atoms with Crippen molar-refractivity contribution in [2.45, 2.75) is 19.4 Å². The molecule has 3 rings (SSSR count). The fraction of sp³-hybridized carbons (Fsp3) is 0.167. The molecule has 0 spiro atoms. The summed E-state index contributed by atoms with van der Waals surface area (Å²) in [6.45, 7) is 0.311. The molecule has 1 amide bonds. The van der Waals surface area contributed by atoms with Crippen LogP contribution in [0.3, 0.4) is 0 Å². The molecule has 2 heterocycles. The van der Waals surface area contributed by atoms with E-state index in [4.69, 9.17) is 11.6 Å². The van der Waals surface area contributed by atoms with Gasteiger partial charge >= 0.3 is 0 Å². The SMILES string of the molecule is O=C(CCc1nnc(-c2ccc(F)c(Cl)c2)[nH]c1=O)NCc1ccccn1. The molecule has 1 aromatic carbocycles. The van der Waals surface area contributed by atoms with Crippen LogP contribution in [0.15, 0.2) is 47.4 Å². The van der Waals surface area contributed by atoms with E-state index in [1.165, 1.54) is 18.2 Å². The minimum Gasteiger partial charge on any atom is -0.350 e. The summed E-state index contributed by atoms with van der Waals surface area (Å²) in [5, 5.41) is 10.4. The first-order valence-electron chi connectivity index (χ1n) is 8.11. The van der Waals surface area contributed by atoms with E-state index >= 15 is 0 Å². The Morgan fingerprint density at radius 3 is 2.78 bits per heavy atom. The number of aromatic amines is 1. The van der Waals surface area contributed by atoms with Gasteiger partial charge in [-0.25, -0.2) is 4.39 Å². The minimum absolute atomic E-state index is 0.0798. The van der Waals surface area contributed by atoms with Gasteiger partial charge in [-0.2, -0.15) is 0 Å². The Labute approximate surface area is 158 Å². The van der Waals surface area contributed by atoms with Crippen molar-refractivity contribution in [3.05, 3.63) is 75.2 Å². The van der Waals surface area contributed by atoms with Gasteiger partial charge in [-0.3, -0.25) is 14.6 Å². The molecule has 2 aromatic heterocycles. The number of hydrogen-bond donors (Lipinski definition) is 2. The van der Waals surface area contributed by atoms with Crippen LogP contribution >= 0.6 is 11.6 Å². The number of H-pyrrole nitrogens is 1. The van der Waals surface area contributed by atoms with Gasteiger partial charge in [0.05, 0.1) is 17.3 Å². The molecule has 0 bridgehead atoms. The first-order chi connectivity index (χ1) is 13.0. The molecular formula is C18H15ClFN5O2. The van der Waals surface area contributed by atoms with E-state index in [-0.39, 0.29) is 35.3 Å². The van der Waals surface area contributed by atoms with Gasteiger partial charge < -0.3 is 10.3 Å². The van der Waals surface area contributed by atoms with Crippen molar-refractivity contribution in [1.29, 1.82) is 0 Å². The monoisotopic (exact) mass is 387 g/mol. The zero-order chi connectivity index (χ0) is 19.2. The van der Waals surface area contributed by atoms with Crippen molar-refractivity contribution in [1.82, 2.24) is 25.5 Å². The summed E-state index contributed by atoms with van der Waals surface area (Å²) in [5.41, 5.74) is 0.856. The van der Waals surface area contributed by atoms with Gasteiger partial charge in [0.25, 0.3) is 5.56 Å². The van der Waals surface area contributed by atoms with Crippen LogP contribution in [-0.2, 0) is 17.8 Å². The molecule has 3 aromatic rings. The van der Waals surface area contributed by atoms with E-state index in [2.05, 4.69) is 25.5 Å². The van der Waals surface area contributed by atoms with Gasteiger partial charge in [-0.1, -0.05) is 17.7 Å². The Kier molecular flexibility index (Phi) is 5.87. The van der Waals surface area contributed by atoms with Crippen molar-refractivity contribution in [2.24, 2.45) is 0 Å². The predicted molar refractivity (Wildman–Crippen MR) is 97.5 cm³/mol. The van der Waals surface area contributed by atoms with Crippen LogP contribution in [0.25, 0.3) is 11.4 Å². The maximum Gasteiger partial charge on any atom is 0.273 e. The number of pyridine rings is 1. The summed E-state index contributed by atoms with van der Waals surface area (Å²) in [7, 11) is 0. The number of aryl methyl sites for hydroxylation is 1. The average molecular weight is 388 g/mol. The number of nitrogens with one attached hydrogen (secondary N) is 2. The predicted octanol–water partition coefficient (Wildman–Crippen LogP) is 2.27. The maximum absolute atomic E-state index is 13.2. The fourth-order valence-corrected chi connectivity index (χ4v) is 2.49. The maximum atomic E-state index is 13.2. The highest BCUT2D eigenvalue weighted by atomic mass is 35.5. The second-order valence-corrected chi connectivity index (χ2v) is 6.08. The Hall–Kier alpha value is -3.13. The molecule has 0 radical (unpaired) electrons. The highest BCUT2D eigenvalue weighted by molar-refractivity contribution is 6.31. The smallest absolute Gasteiger partial charge is 0.273 e. The van der Waals surface area contributed by atoms with E-state index in [1.807, 2.05) is 6.07 Å². The number of carbonyl (C=O) groups excluding carboxylic acids is 1. The molecule has 9 heteroatoms. The van der Waals surface area contributed by atoms with E-state index < -0.39 is 11.4 Å². The van der Waals surface area contributed by atoms with Gasteiger partial charge in [0.15, 0.2) is 5.82 Å². The van der Waals surface area contributed by atoms with Gasteiger partial charge in [0.2, 0.25) is 5.91 Å². The second-order valence-electron chi connectivity index (χ2n) is 5.68. The van der Waals surface area contributed by atoms with E-state index in [1.54, 1.807) is 18.3 Å². The van der Waals surface area contributed by atoms with Crippen LogP contribution in [0.1, 0.15) is 17.8 Å². The number of hydrogen-bond acceptors (Lipinski definition) is 5. The highest BCUT2D eigenvalue weighted by Gasteiger charge is 2.11. The normalized spacial score (nSPS) is 10.6. The van der Waals surface area contributed by atoms with Gasteiger partial charge in [-0.05, 0) is 30.3 Å². The lowest BCUT2D eigenvalue weighted by Crippen LogP contribution is -2.25. The molecule has 0 aliphatic heterocycles. The average Bonchev–Trinajstić information content (AvgIpc) is 2.68. The van der Waals surface area contributed by atoms with Crippen molar-refractivity contribution in [3.8, 4) is 11.4 Å². The van der Waals surface area contributed by atoms with Crippen LogP contribution in [0.2, 0.25) is 5.02 Å². The number of halogens is 2. The van der Waals surface area contributed by atoms with Crippen LogP contribution in [-0.4, -0.2) is 26.1 Å². The molecule has 7 nitrogen and oxygen atoms in total. The molecule has 2 N–H and O–H groups in total. The molecule has 0 saturated heterocycles. The lowest BCUT2D eigenvalue weighted by molar-refractivity contribution is -0.121. The topological polar surface area (TPSA) is 101 Å². The minimum atomic E-state index is -0.566. The highest BCUT2D eigenvalue weighted by Crippen LogP contribution is 2.21. The molecule has 0 fully saturated rings. The van der Waals surface area contributed by atoms with E-state index in [0.717, 1.165) is 5.69 Å². The number of nitrogens with zero attached hydrogens (tertiary/aromatic N) is 3. The van der Waals surface area contributed by atoms with Gasteiger partial charge in [0, 0.05) is 24.6 Å². The number of amides is 1. The largest absolute Gasteiger partial charge is 0.350 e. The Morgan fingerprint density at radius 2 is 2.07 bits per heavy atom. The molecule has 0 saturated carbocycles. The lowest BCUT2D eigenvalue weighted by atomic mass is 10.2. The van der Waals surface area contributed by atoms with Crippen LogP contribution < -0.4 is 10.9 Å². The third-order valence-corrected chi connectivity index (χ3v) is 4.03. The van der Waals surface area contributed by atoms with Gasteiger partial charge in [0.1, 0.15) is 11.5 Å². The first kappa shape index (κ1) is 18.7. The number of carbonyl (C=O) groups is 1. The number of aromatic nitrogens is 4. The summed E-state index contributed by atoms with van der Waals surface area (Å²) in [5.74, 6) is -0.620. The summed E-state index contributed by atoms with van der Waals surface area (Å²) in [4.78, 5) is 30.7. The first-order valence-corrected chi connectivity index (χ1v) is 8.48. The third-order valence-electron chi connectivity index (χ3n) is 3.74. The fourth-order valence-electron chi connectivity index (χ4n) is 2.31. The molecule has 138 valence electrons. The van der Waals surface area contributed by atoms with Crippen LogP contribution in [0, 0.1) is 5.82 Å². The van der Waals surface area contributed by atoms with E-state index in [9.17, 15) is 14.0 Å². The van der Waals surface area contributed by atoms with Crippen molar-refractivity contribution in [3.63, 3.8) is 0 Å². The summed E-state index contributed by atoms with van der Waals surface area (Å²) >= 11 is 5.73. The summed E-state index contributed by atoms with van der Waals surface area (Å²) in [6, 6.07) is 9.39. The zero-order valence-electron chi connectivity index (χ0n) is 14.1. The molecule has 0 atom stereocenters. The summed E-state index contributed by atoms with van der Waals surface area (Å²) in [6.07, 6.45) is 1.87. The third kappa shape index (κ3) is 4.95. The zero-order valence-corrected chi connectivity index (χ0v) is 14.8. The van der Waals surface area contributed by atoms with E-state index in [0.29, 0.717) is 12.1 Å². The number of benzene rings is 1. The van der Waals surface area contributed by atoms with Crippen LogP contribution in [0.5, 0.6) is 0 Å². The molecule has 0 unspecified atom stereocenters. The molecule has 27 heavy (non-hydrogen) atoms. The Balaban J connectivity index is 1.60. The lowest BCUT2D eigenvalue weighted by Gasteiger charge is -2.05. The van der Waals surface area contributed by atoms with Gasteiger partial charge in [-0.15, -0.1) is 10.2 Å². The molecule has 0 aliphatic carbocycles. The van der Waals surface area contributed by atoms with Crippen molar-refractivity contribution >= 4 is 17.5 Å². The van der Waals surface area contributed by atoms with Crippen molar-refractivity contribution in [2.75, 3.05) is 0 Å². The standard InChI is InChI=1S/C18H15ClFN5O2/c19-13-9-11(4-5-14(13)20)17-23-18(27)15(24-25-17)6-7-16(26)22-10-12-3-1-2-8-21-12/h1-5,8-9H,6-7,10H2,(H,22,26)(H,23,25,27). The second kappa shape index (κ2) is 8.50. The summed E-state index contributed by atoms with van der Waals surface area (Å²) < 4.78 is 13.2. The molecular weight excluding hydrogens is 373 g/mol. The van der Waals surface area contributed by atoms with Crippen molar-refractivity contribution < 1.29 is 9.18 Å². The Morgan fingerprint density at radius 1 is 1.22 bits per heavy atom. The Bertz CT molecular complexity index is 1010. The van der Waals surface area contributed by atoms with Crippen LogP contribution in [0.4, 0.5) is 4.39 Å².